The Balaban J connectivity index is 2.43. The highest BCUT2D eigenvalue weighted by Crippen LogP contribution is 2.30. The number of aryl methyl sites for hydroxylation is 1. The number of esters is 1. The summed E-state index contributed by atoms with van der Waals surface area (Å²) >= 11 is 0. The standard InChI is InChI=1S/C18H18N2O6/c1-11-5-8-14(15(9-11)20(23)24)19(2)17(21)12-6-7-13(18(22)26-4)16(10-12)25-3/h5-10H,1-4H3. The summed E-state index contributed by atoms with van der Waals surface area (Å²) in [5.41, 5.74) is 1.11. The van der Waals surface area contributed by atoms with Gasteiger partial charge in [0.25, 0.3) is 11.6 Å². The molecule has 0 radical (unpaired) electrons. The van der Waals surface area contributed by atoms with Crippen molar-refractivity contribution in [2.24, 2.45) is 0 Å². The first-order valence-electron chi connectivity index (χ1n) is 7.59. The first kappa shape index (κ1) is 18.9. The summed E-state index contributed by atoms with van der Waals surface area (Å²) in [7, 11) is 4.05. The van der Waals surface area contributed by atoms with E-state index in [1.807, 2.05) is 0 Å². The number of nitro benzene ring substituents is 1. The Labute approximate surface area is 150 Å². The molecule has 0 saturated carbocycles. The van der Waals surface area contributed by atoms with Crippen molar-refractivity contribution in [3.63, 3.8) is 0 Å². The molecule has 1 amide bonds. The maximum atomic E-state index is 12.8. The predicted molar refractivity (Wildman–Crippen MR) is 94.9 cm³/mol. The van der Waals surface area contributed by atoms with Crippen molar-refractivity contribution >= 4 is 23.3 Å². The van der Waals surface area contributed by atoms with E-state index in [2.05, 4.69) is 4.74 Å². The van der Waals surface area contributed by atoms with Gasteiger partial charge in [0, 0.05) is 18.7 Å². The first-order valence-corrected chi connectivity index (χ1v) is 7.59. The average Bonchev–Trinajstić information content (AvgIpc) is 2.65. The van der Waals surface area contributed by atoms with E-state index < -0.39 is 16.8 Å². The lowest BCUT2D eigenvalue weighted by Gasteiger charge is -2.18. The molecule has 26 heavy (non-hydrogen) atoms. The Morgan fingerprint density at radius 2 is 1.81 bits per heavy atom. The summed E-state index contributed by atoms with van der Waals surface area (Å²) in [6.07, 6.45) is 0. The van der Waals surface area contributed by atoms with E-state index in [0.717, 1.165) is 0 Å². The summed E-state index contributed by atoms with van der Waals surface area (Å²) < 4.78 is 9.80. The van der Waals surface area contributed by atoms with Crippen molar-refractivity contribution in [3.8, 4) is 5.75 Å². The van der Waals surface area contributed by atoms with Crippen LogP contribution in [-0.2, 0) is 4.74 Å². The maximum Gasteiger partial charge on any atom is 0.341 e. The lowest BCUT2D eigenvalue weighted by Crippen LogP contribution is -2.27. The summed E-state index contributed by atoms with van der Waals surface area (Å²) in [6.45, 7) is 1.73. The molecule has 2 aromatic carbocycles. The van der Waals surface area contributed by atoms with Gasteiger partial charge >= 0.3 is 5.97 Å². The van der Waals surface area contributed by atoms with Crippen LogP contribution in [0.4, 0.5) is 11.4 Å². The smallest absolute Gasteiger partial charge is 0.341 e. The predicted octanol–water partition coefficient (Wildman–Crippen LogP) is 2.98. The van der Waals surface area contributed by atoms with Crippen molar-refractivity contribution in [2.75, 3.05) is 26.2 Å². The van der Waals surface area contributed by atoms with Crippen LogP contribution in [-0.4, -0.2) is 38.1 Å². The van der Waals surface area contributed by atoms with Crippen molar-refractivity contribution in [2.45, 2.75) is 6.92 Å². The Morgan fingerprint density at radius 3 is 2.38 bits per heavy atom. The van der Waals surface area contributed by atoms with E-state index in [1.54, 1.807) is 13.0 Å². The quantitative estimate of drug-likeness (QED) is 0.463. The topological polar surface area (TPSA) is 99.0 Å². The number of carbonyl (C=O) groups excluding carboxylic acids is 2. The van der Waals surface area contributed by atoms with Crippen LogP contribution in [0.15, 0.2) is 36.4 Å². The van der Waals surface area contributed by atoms with E-state index in [1.165, 1.54) is 56.5 Å². The van der Waals surface area contributed by atoms with Gasteiger partial charge < -0.3 is 14.4 Å². The molecule has 8 nitrogen and oxygen atoms in total. The van der Waals surface area contributed by atoms with Gasteiger partial charge in [-0.05, 0) is 36.8 Å². The number of nitrogens with zero attached hydrogens (tertiary/aromatic N) is 2. The Morgan fingerprint density at radius 1 is 1.12 bits per heavy atom. The lowest BCUT2D eigenvalue weighted by atomic mass is 10.1. The van der Waals surface area contributed by atoms with Gasteiger partial charge in [-0.25, -0.2) is 4.79 Å². The largest absolute Gasteiger partial charge is 0.496 e. The molecule has 0 aromatic heterocycles. The van der Waals surface area contributed by atoms with Crippen LogP contribution >= 0.6 is 0 Å². The van der Waals surface area contributed by atoms with Gasteiger partial charge in [0.1, 0.15) is 17.0 Å². The number of ether oxygens (including phenoxy) is 2. The minimum atomic E-state index is -0.594. The Bertz CT molecular complexity index is 878. The highest BCUT2D eigenvalue weighted by molar-refractivity contribution is 6.08. The molecule has 0 saturated heterocycles. The normalized spacial score (nSPS) is 10.2. The first-order chi connectivity index (χ1) is 12.3. The molecule has 0 fully saturated rings. The fraction of sp³-hybridized carbons (Fsp3) is 0.222. The lowest BCUT2D eigenvalue weighted by molar-refractivity contribution is -0.384. The van der Waals surface area contributed by atoms with Gasteiger partial charge in [-0.3, -0.25) is 14.9 Å². The molecular weight excluding hydrogens is 340 g/mol. The number of nitro groups is 1. The van der Waals surface area contributed by atoms with E-state index in [0.29, 0.717) is 5.56 Å². The molecule has 0 heterocycles. The Kier molecular flexibility index (Phi) is 5.56. The van der Waals surface area contributed by atoms with Crippen molar-refractivity contribution in [1.29, 1.82) is 0 Å². The monoisotopic (exact) mass is 358 g/mol. The molecule has 0 unspecified atom stereocenters. The number of hydrogen-bond donors (Lipinski definition) is 0. The van der Waals surface area contributed by atoms with Crippen LogP contribution in [0.5, 0.6) is 5.75 Å². The molecule has 0 atom stereocenters. The zero-order valence-electron chi connectivity index (χ0n) is 14.8. The molecule has 136 valence electrons. The fourth-order valence-electron chi connectivity index (χ4n) is 2.47. The second-order valence-corrected chi connectivity index (χ2v) is 5.52. The highest BCUT2D eigenvalue weighted by atomic mass is 16.6. The van der Waals surface area contributed by atoms with E-state index in [4.69, 9.17) is 4.74 Å². The van der Waals surface area contributed by atoms with E-state index in [-0.39, 0.29) is 28.3 Å². The molecular formula is C18H18N2O6. The minimum absolute atomic E-state index is 0.168. The van der Waals surface area contributed by atoms with Gasteiger partial charge in [-0.1, -0.05) is 6.07 Å². The average molecular weight is 358 g/mol. The number of methoxy groups -OCH3 is 2. The van der Waals surface area contributed by atoms with Crippen LogP contribution in [0.2, 0.25) is 0 Å². The van der Waals surface area contributed by atoms with Gasteiger partial charge in [0.15, 0.2) is 0 Å². The number of anilines is 1. The van der Waals surface area contributed by atoms with Crippen molar-refractivity contribution in [3.05, 3.63) is 63.2 Å². The van der Waals surface area contributed by atoms with Crippen LogP contribution < -0.4 is 9.64 Å². The molecule has 0 bridgehead atoms. The van der Waals surface area contributed by atoms with Crippen LogP contribution in [0.1, 0.15) is 26.3 Å². The third-order valence-electron chi connectivity index (χ3n) is 3.85. The fourth-order valence-corrected chi connectivity index (χ4v) is 2.47. The van der Waals surface area contributed by atoms with E-state index >= 15 is 0 Å². The van der Waals surface area contributed by atoms with Crippen LogP contribution in [0.3, 0.4) is 0 Å². The molecule has 2 aromatic rings. The van der Waals surface area contributed by atoms with E-state index in [9.17, 15) is 19.7 Å². The molecule has 0 N–H and O–H groups in total. The van der Waals surface area contributed by atoms with Crippen molar-refractivity contribution in [1.82, 2.24) is 0 Å². The molecule has 8 heteroatoms. The van der Waals surface area contributed by atoms with Crippen molar-refractivity contribution < 1.29 is 24.0 Å². The Hall–Kier alpha value is -3.42. The third kappa shape index (κ3) is 3.64. The van der Waals surface area contributed by atoms with Gasteiger partial charge in [0.2, 0.25) is 0 Å². The SMILES string of the molecule is COC(=O)c1ccc(C(=O)N(C)c2ccc(C)cc2[N+](=O)[O-])cc1OC. The number of benzene rings is 2. The molecule has 0 aliphatic heterocycles. The second-order valence-electron chi connectivity index (χ2n) is 5.52. The molecule has 2 rings (SSSR count). The van der Waals surface area contributed by atoms with Crippen LogP contribution in [0, 0.1) is 17.0 Å². The third-order valence-corrected chi connectivity index (χ3v) is 3.85. The van der Waals surface area contributed by atoms with Gasteiger partial charge in [0.05, 0.1) is 19.1 Å². The summed E-state index contributed by atoms with van der Waals surface area (Å²) in [5.74, 6) is -0.899. The molecule has 0 spiro atoms. The zero-order chi connectivity index (χ0) is 19.4. The van der Waals surface area contributed by atoms with Gasteiger partial charge in [-0.2, -0.15) is 0 Å². The van der Waals surface area contributed by atoms with Crippen LogP contribution in [0.25, 0.3) is 0 Å². The molecule has 0 aliphatic carbocycles. The number of rotatable bonds is 5. The number of amides is 1. The summed E-state index contributed by atoms with van der Waals surface area (Å²) in [6, 6.07) is 8.85. The minimum Gasteiger partial charge on any atom is -0.496 e. The highest BCUT2D eigenvalue weighted by Gasteiger charge is 2.24. The number of carbonyl (C=O) groups is 2. The second kappa shape index (κ2) is 7.64. The summed E-state index contributed by atoms with van der Waals surface area (Å²) in [5, 5.41) is 11.3. The molecule has 0 aliphatic rings. The maximum absolute atomic E-state index is 12.8. The van der Waals surface area contributed by atoms with Gasteiger partial charge in [-0.15, -0.1) is 0 Å². The summed E-state index contributed by atoms with van der Waals surface area (Å²) in [4.78, 5) is 36.4. The zero-order valence-corrected chi connectivity index (χ0v) is 14.8. The number of hydrogen-bond acceptors (Lipinski definition) is 6.